The van der Waals surface area contributed by atoms with E-state index in [-0.39, 0.29) is 12.4 Å². The van der Waals surface area contributed by atoms with Gasteiger partial charge in [0.25, 0.3) is 0 Å². The number of rotatable bonds is 1. The van der Waals surface area contributed by atoms with Crippen molar-refractivity contribution in [2.75, 3.05) is 6.54 Å². The first kappa shape index (κ1) is 15.7. The van der Waals surface area contributed by atoms with Crippen molar-refractivity contribution in [1.29, 1.82) is 0 Å². The van der Waals surface area contributed by atoms with Crippen LogP contribution in [-0.2, 0) is 6.54 Å². The third-order valence-corrected chi connectivity index (χ3v) is 4.42. The molecule has 1 heterocycles. The maximum Gasteiger partial charge on any atom is 0.0595 e. The quantitative estimate of drug-likeness (QED) is 0.780. The molecule has 2 aromatic rings. The molecule has 1 N–H and O–H groups in total. The first-order valence-electron chi connectivity index (χ1n) is 6.40. The van der Waals surface area contributed by atoms with Gasteiger partial charge in [0.1, 0.15) is 0 Å². The van der Waals surface area contributed by atoms with Crippen molar-refractivity contribution < 1.29 is 0 Å². The maximum absolute atomic E-state index is 6.13. The van der Waals surface area contributed by atoms with Crippen molar-refractivity contribution in [3.8, 4) is 0 Å². The van der Waals surface area contributed by atoms with Crippen molar-refractivity contribution in [3.63, 3.8) is 0 Å². The fourth-order valence-corrected chi connectivity index (χ4v) is 3.02. The van der Waals surface area contributed by atoms with E-state index in [9.17, 15) is 0 Å². The van der Waals surface area contributed by atoms with Crippen LogP contribution in [0.25, 0.3) is 0 Å². The van der Waals surface area contributed by atoms with E-state index in [4.69, 9.17) is 23.2 Å². The van der Waals surface area contributed by atoms with E-state index in [2.05, 4.69) is 36.5 Å². The second-order valence-corrected chi connectivity index (χ2v) is 5.87. The molecule has 0 radical (unpaired) electrons. The second-order valence-electron chi connectivity index (χ2n) is 5.06. The lowest BCUT2D eigenvalue weighted by Crippen LogP contribution is -2.28. The van der Waals surface area contributed by atoms with Crippen LogP contribution in [-0.4, -0.2) is 6.54 Å². The number of benzene rings is 2. The van der Waals surface area contributed by atoms with E-state index in [0.29, 0.717) is 16.0 Å². The van der Waals surface area contributed by atoms with Crippen LogP contribution in [0.5, 0.6) is 0 Å². The standard InChI is InChI=1S/C16H15Cl2N.ClH/c1-10-2-4-13-12(6-10)8-19-9-14(13)11-3-5-15(17)16(18)7-11;/h2-7,14,19H,8-9H2,1H3;1H. The van der Waals surface area contributed by atoms with Gasteiger partial charge in [-0.25, -0.2) is 0 Å². The van der Waals surface area contributed by atoms with E-state index < -0.39 is 0 Å². The van der Waals surface area contributed by atoms with Crippen LogP contribution in [0.2, 0.25) is 10.0 Å². The first-order valence-corrected chi connectivity index (χ1v) is 7.16. The van der Waals surface area contributed by atoms with E-state index >= 15 is 0 Å². The Morgan fingerprint density at radius 3 is 2.60 bits per heavy atom. The fourth-order valence-electron chi connectivity index (χ4n) is 2.72. The summed E-state index contributed by atoms with van der Waals surface area (Å²) in [5.74, 6) is 0.346. The minimum absolute atomic E-state index is 0. The van der Waals surface area contributed by atoms with Gasteiger partial charge in [-0.15, -0.1) is 12.4 Å². The van der Waals surface area contributed by atoms with Crippen LogP contribution >= 0.6 is 35.6 Å². The molecule has 0 amide bonds. The lowest BCUT2D eigenvalue weighted by atomic mass is 9.85. The van der Waals surface area contributed by atoms with Crippen molar-refractivity contribution in [2.45, 2.75) is 19.4 Å². The molecule has 106 valence electrons. The van der Waals surface area contributed by atoms with Crippen molar-refractivity contribution in [3.05, 3.63) is 68.7 Å². The zero-order chi connectivity index (χ0) is 13.4. The lowest BCUT2D eigenvalue weighted by molar-refractivity contribution is 0.591. The molecule has 1 unspecified atom stereocenters. The fraction of sp³-hybridized carbons (Fsp3) is 0.250. The maximum atomic E-state index is 6.13. The molecule has 2 aromatic carbocycles. The molecular formula is C16H16Cl3N. The molecule has 1 nitrogen and oxygen atoms in total. The molecule has 3 rings (SSSR count). The zero-order valence-electron chi connectivity index (χ0n) is 11.1. The zero-order valence-corrected chi connectivity index (χ0v) is 13.4. The van der Waals surface area contributed by atoms with Crippen molar-refractivity contribution in [2.24, 2.45) is 0 Å². The van der Waals surface area contributed by atoms with E-state index in [1.54, 1.807) is 0 Å². The molecule has 1 atom stereocenters. The molecule has 0 bridgehead atoms. The lowest BCUT2D eigenvalue weighted by Gasteiger charge is -2.27. The molecule has 0 aliphatic carbocycles. The summed E-state index contributed by atoms with van der Waals surface area (Å²) in [6.45, 7) is 4.01. The predicted molar refractivity (Wildman–Crippen MR) is 88.4 cm³/mol. The van der Waals surface area contributed by atoms with Gasteiger partial charge >= 0.3 is 0 Å². The highest BCUT2D eigenvalue weighted by Gasteiger charge is 2.21. The van der Waals surface area contributed by atoms with E-state index in [0.717, 1.165) is 13.1 Å². The summed E-state index contributed by atoms with van der Waals surface area (Å²) >= 11 is 12.1. The largest absolute Gasteiger partial charge is 0.312 e. The Hall–Kier alpha value is -0.730. The Bertz CT molecular complexity index is 625. The third-order valence-electron chi connectivity index (χ3n) is 3.68. The summed E-state index contributed by atoms with van der Waals surface area (Å²) in [7, 11) is 0. The molecule has 1 aliphatic heterocycles. The minimum atomic E-state index is 0. The van der Waals surface area contributed by atoms with Gasteiger partial charge < -0.3 is 5.32 Å². The van der Waals surface area contributed by atoms with Gasteiger partial charge in [-0.05, 0) is 35.7 Å². The van der Waals surface area contributed by atoms with Crippen LogP contribution in [0.4, 0.5) is 0 Å². The molecule has 1 aliphatic rings. The average molecular weight is 329 g/mol. The molecule has 0 saturated heterocycles. The Labute approximate surface area is 135 Å². The van der Waals surface area contributed by atoms with Crippen molar-refractivity contribution in [1.82, 2.24) is 5.32 Å². The van der Waals surface area contributed by atoms with Gasteiger partial charge in [-0.1, -0.05) is 53.0 Å². The minimum Gasteiger partial charge on any atom is -0.312 e. The van der Waals surface area contributed by atoms with Gasteiger partial charge in [-0.3, -0.25) is 0 Å². The molecule has 0 saturated carbocycles. The van der Waals surface area contributed by atoms with Crippen molar-refractivity contribution >= 4 is 35.6 Å². The van der Waals surface area contributed by atoms with E-state index in [1.807, 2.05) is 12.1 Å². The SMILES string of the molecule is Cc1ccc2c(c1)CNCC2c1ccc(Cl)c(Cl)c1.Cl. The number of hydrogen-bond donors (Lipinski definition) is 1. The molecular weight excluding hydrogens is 313 g/mol. The predicted octanol–water partition coefficient (Wildman–Crippen LogP) is 4.96. The molecule has 0 aromatic heterocycles. The number of halogens is 3. The summed E-state index contributed by atoms with van der Waals surface area (Å²) in [5, 5.41) is 4.71. The van der Waals surface area contributed by atoms with Gasteiger partial charge in [-0.2, -0.15) is 0 Å². The van der Waals surface area contributed by atoms with Crippen LogP contribution in [0.3, 0.4) is 0 Å². The Balaban J connectivity index is 0.00000147. The highest BCUT2D eigenvalue weighted by Crippen LogP contribution is 2.33. The van der Waals surface area contributed by atoms with Crippen LogP contribution in [0, 0.1) is 6.92 Å². The summed E-state index contributed by atoms with van der Waals surface area (Å²) in [5.41, 5.74) is 5.28. The summed E-state index contributed by atoms with van der Waals surface area (Å²) in [6.07, 6.45) is 0. The van der Waals surface area contributed by atoms with Crippen LogP contribution < -0.4 is 5.32 Å². The summed E-state index contributed by atoms with van der Waals surface area (Å²) in [4.78, 5) is 0. The second kappa shape index (κ2) is 6.36. The average Bonchev–Trinajstić information content (AvgIpc) is 2.41. The number of aryl methyl sites for hydroxylation is 1. The Morgan fingerprint density at radius 2 is 1.85 bits per heavy atom. The topological polar surface area (TPSA) is 12.0 Å². The summed E-state index contributed by atoms with van der Waals surface area (Å²) < 4.78 is 0. The van der Waals surface area contributed by atoms with E-state index in [1.165, 1.54) is 22.3 Å². The molecule has 0 spiro atoms. The monoisotopic (exact) mass is 327 g/mol. The number of fused-ring (bicyclic) bond motifs is 1. The number of nitrogens with one attached hydrogen (secondary N) is 1. The Morgan fingerprint density at radius 1 is 1.05 bits per heavy atom. The van der Waals surface area contributed by atoms with Gasteiger partial charge in [0.15, 0.2) is 0 Å². The summed E-state index contributed by atoms with van der Waals surface area (Å²) in [6, 6.07) is 12.6. The third kappa shape index (κ3) is 2.96. The highest BCUT2D eigenvalue weighted by atomic mass is 35.5. The smallest absolute Gasteiger partial charge is 0.0595 e. The normalized spacial score (nSPS) is 17.2. The highest BCUT2D eigenvalue weighted by molar-refractivity contribution is 6.42. The first-order chi connectivity index (χ1) is 9.15. The molecule has 4 heteroatoms. The van der Waals surface area contributed by atoms with Gasteiger partial charge in [0, 0.05) is 19.0 Å². The van der Waals surface area contributed by atoms with Crippen LogP contribution in [0.15, 0.2) is 36.4 Å². The Kier molecular flexibility index (Phi) is 4.98. The molecule has 0 fully saturated rings. The number of hydrogen-bond acceptors (Lipinski definition) is 1. The molecule has 20 heavy (non-hydrogen) atoms. The van der Waals surface area contributed by atoms with Gasteiger partial charge in [0.05, 0.1) is 10.0 Å². The van der Waals surface area contributed by atoms with Crippen LogP contribution in [0.1, 0.15) is 28.2 Å². The van der Waals surface area contributed by atoms with Gasteiger partial charge in [0.2, 0.25) is 0 Å².